The molecular weight excluding hydrogens is 200 g/mol. The van der Waals surface area contributed by atoms with Crippen LogP contribution in [0.2, 0.25) is 0 Å². The van der Waals surface area contributed by atoms with Gasteiger partial charge >= 0.3 is 0 Å². The first-order valence-electron chi connectivity index (χ1n) is 4.20. The highest BCUT2D eigenvalue weighted by Gasteiger charge is 2.04. The number of rotatable bonds is 5. The molecule has 13 heavy (non-hydrogen) atoms. The quantitative estimate of drug-likeness (QED) is 0.465. The van der Waals surface area contributed by atoms with Gasteiger partial charge in [0.2, 0.25) is 0 Å². The van der Waals surface area contributed by atoms with E-state index < -0.39 is 0 Å². The van der Waals surface area contributed by atoms with Crippen LogP contribution >= 0.6 is 23.1 Å². The van der Waals surface area contributed by atoms with E-state index in [9.17, 15) is 0 Å². The molecule has 4 heteroatoms. The van der Waals surface area contributed by atoms with Crippen LogP contribution in [0.25, 0.3) is 0 Å². The van der Waals surface area contributed by atoms with E-state index in [4.69, 9.17) is 5.73 Å². The number of aromatic nitrogens is 1. The highest BCUT2D eigenvalue weighted by Crippen LogP contribution is 2.30. The van der Waals surface area contributed by atoms with Crippen molar-refractivity contribution in [3.63, 3.8) is 0 Å². The number of nitrogen functional groups attached to an aromatic ring is 1. The molecule has 1 aromatic heterocycles. The van der Waals surface area contributed by atoms with E-state index in [0.29, 0.717) is 5.13 Å². The minimum Gasteiger partial charge on any atom is -0.375 e. The van der Waals surface area contributed by atoms with Gasteiger partial charge in [-0.2, -0.15) is 0 Å². The van der Waals surface area contributed by atoms with Crippen molar-refractivity contribution in [2.75, 3.05) is 11.5 Å². The number of thioether (sulfide) groups is 1. The van der Waals surface area contributed by atoms with Crippen molar-refractivity contribution in [3.8, 4) is 0 Å². The van der Waals surface area contributed by atoms with Gasteiger partial charge in [-0.25, -0.2) is 4.98 Å². The molecule has 0 fully saturated rings. The van der Waals surface area contributed by atoms with Crippen LogP contribution in [-0.2, 0) is 0 Å². The van der Waals surface area contributed by atoms with E-state index in [-0.39, 0.29) is 0 Å². The zero-order valence-electron chi connectivity index (χ0n) is 7.75. The molecule has 0 aliphatic heterocycles. The molecule has 1 heterocycles. The minimum atomic E-state index is 0.670. The van der Waals surface area contributed by atoms with Crippen LogP contribution in [0.4, 0.5) is 5.13 Å². The summed E-state index contributed by atoms with van der Waals surface area (Å²) in [5.41, 5.74) is 6.65. The molecule has 0 atom stereocenters. The van der Waals surface area contributed by atoms with E-state index in [1.165, 1.54) is 10.6 Å². The average Bonchev–Trinajstić information content (AvgIpc) is 2.39. The van der Waals surface area contributed by atoms with Crippen molar-refractivity contribution >= 4 is 28.2 Å². The van der Waals surface area contributed by atoms with Crippen molar-refractivity contribution in [1.29, 1.82) is 0 Å². The Morgan fingerprint density at radius 2 is 2.46 bits per heavy atom. The lowest BCUT2D eigenvalue weighted by molar-refractivity contribution is 0.974. The number of thiazole rings is 1. The Labute approximate surface area is 87.3 Å². The third-order valence-corrected chi connectivity index (χ3v) is 3.99. The summed E-state index contributed by atoms with van der Waals surface area (Å²) in [7, 11) is 0. The second kappa shape index (κ2) is 5.29. The lowest BCUT2D eigenvalue weighted by Crippen LogP contribution is -1.81. The van der Waals surface area contributed by atoms with Gasteiger partial charge in [0.25, 0.3) is 0 Å². The second-order valence-electron chi connectivity index (χ2n) is 2.70. The summed E-state index contributed by atoms with van der Waals surface area (Å²) in [5.74, 6) is 1.12. The SMILES string of the molecule is C=CCCCSc1sc(N)nc1C. The fraction of sp³-hybridized carbons (Fsp3) is 0.444. The smallest absolute Gasteiger partial charge is 0.181 e. The maximum atomic E-state index is 5.59. The predicted molar refractivity (Wildman–Crippen MR) is 61.4 cm³/mol. The van der Waals surface area contributed by atoms with Crippen molar-refractivity contribution in [2.24, 2.45) is 0 Å². The average molecular weight is 214 g/mol. The van der Waals surface area contributed by atoms with Crippen LogP contribution < -0.4 is 5.73 Å². The van der Waals surface area contributed by atoms with Gasteiger partial charge in [0.05, 0.1) is 9.90 Å². The van der Waals surface area contributed by atoms with Crippen molar-refractivity contribution in [2.45, 2.75) is 24.0 Å². The van der Waals surface area contributed by atoms with E-state index in [1.54, 1.807) is 11.3 Å². The first kappa shape index (κ1) is 10.6. The van der Waals surface area contributed by atoms with Crippen LogP contribution in [0.1, 0.15) is 18.5 Å². The van der Waals surface area contributed by atoms with Gasteiger partial charge in [-0.1, -0.05) is 17.4 Å². The van der Waals surface area contributed by atoms with Crippen LogP contribution in [0.3, 0.4) is 0 Å². The largest absolute Gasteiger partial charge is 0.375 e. The molecule has 2 N–H and O–H groups in total. The molecule has 0 spiro atoms. The monoisotopic (exact) mass is 214 g/mol. The summed E-state index contributed by atoms with van der Waals surface area (Å²) in [6.45, 7) is 5.69. The lowest BCUT2D eigenvalue weighted by Gasteiger charge is -1.96. The van der Waals surface area contributed by atoms with E-state index in [2.05, 4.69) is 11.6 Å². The first-order chi connectivity index (χ1) is 6.24. The van der Waals surface area contributed by atoms with E-state index >= 15 is 0 Å². The molecule has 0 radical (unpaired) electrons. The molecule has 0 amide bonds. The summed E-state index contributed by atoms with van der Waals surface area (Å²) < 4.78 is 1.25. The molecule has 0 unspecified atom stereocenters. The van der Waals surface area contributed by atoms with Gasteiger partial charge in [-0.3, -0.25) is 0 Å². The Balaban J connectivity index is 2.36. The Morgan fingerprint density at radius 1 is 1.69 bits per heavy atom. The summed E-state index contributed by atoms with van der Waals surface area (Å²) >= 11 is 3.41. The molecule has 72 valence electrons. The Morgan fingerprint density at radius 3 is 3.00 bits per heavy atom. The van der Waals surface area contributed by atoms with Crippen LogP contribution in [-0.4, -0.2) is 10.7 Å². The fourth-order valence-corrected chi connectivity index (χ4v) is 2.99. The standard InChI is InChI=1S/C9H14N2S2/c1-3-4-5-6-12-8-7(2)11-9(10)13-8/h3H,1,4-6H2,2H3,(H2,10,11). The Bertz CT molecular complexity index is 281. The highest BCUT2D eigenvalue weighted by molar-refractivity contribution is 8.01. The fourth-order valence-electron chi connectivity index (χ4n) is 0.929. The topological polar surface area (TPSA) is 38.9 Å². The molecule has 0 bridgehead atoms. The Kier molecular flexibility index (Phi) is 4.32. The number of allylic oxidation sites excluding steroid dienone is 1. The summed E-state index contributed by atoms with van der Waals surface area (Å²) in [4.78, 5) is 4.17. The van der Waals surface area contributed by atoms with E-state index in [0.717, 1.165) is 17.9 Å². The zero-order chi connectivity index (χ0) is 9.68. The van der Waals surface area contributed by atoms with Crippen molar-refractivity contribution < 1.29 is 0 Å². The summed E-state index contributed by atoms with van der Waals surface area (Å²) in [6.07, 6.45) is 4.21. The molecule has 0 aromatic carbocycles. The van der Waals surface area contributed by atoms with Gasteiger partial charge < -0.3 is 5.73 Å². The van der Waals surface area contributed by atoms with Gasteiger partial charge in [0.1, 0.15) is 0 Å². The van der Waals surface area contributed by atoms with Crippen LogP contribution in [0.5, 0.6) is 0 Å². The molecule has 0 aliphatic rings. The van der Waals surface area contributed by atoms with Crippen LogP contribution in [0, 0.1) is 6.92 Å². The summed E-state index contributed by atoms with van der Waals surface area (Å²) in [6, 6.07) is 0. The minimum absolute atomic E-state index is 0.670. The zero-order valence-corrected chi connectivity index (χ0v) is 9.38. The number of nitrogens with two attached hydrogens (primary N) is 1. The summed E-state index contributed by atoms with van der Waals surface area (Å²) in [5, 5.41) is 0.670. The van der Waals surface area contributed by atoms with Crippen LogP contribution in [0.15, 0.2) is 16.9 Å². The Hall–Kier alpha value is -0.480. The molecular formula is C9H14N2S2. The third kappa shape index (κ3) is 3.40. The van der Waals surface area contributed by atoms with Gasteiger partial charge in [-0.05, 0) is 25.5 Å². The van der Waals surface area contributed by atoms with Gasteiger partial charge in [0, 0.05) is 0 Å². The molecule has 1 rings (SSSR count). The third-order valence-electron chi connectivity index (χ3n) is 1.56. The van der Waals surface area contributed by atoms with Crippen molar-refractivity contribution in [1.82, 2.24) is 4.98 Å². The molecule has 0 aliphatic carbocycles. The normalized spacial score (nSPS) is 10.2. The van der Waals surface area contributed by atoms with Gasteiger partial charge in [-0.15, -0.1) is 18.3 Å². The number of unbranched alkanes of at least 4 members (excludes halogenated alkanes) is 1. The number of aryl methyl sites for hydroxylation is 1. The molecule has 2 nitrogen and oxygen atoms in total. The molecule has 1 aromatic rings. The highest BCUT2D eigenvalue weighted by atomic mass is 32.2. The number of nitrogens with zero attached hydrogens (tertiary/aromatic N) is 1. The maximum absolute atomic E-state index is 5.59. The lowest BCUT2D eigenvalue weighted by atomic mass is 10.3. The number of hydrogen-bond donors (Lipinski definition) is 1. The van der Waals surface area contributed by atoms with E-state index in [1.807, 2.05) is 24.8 Å². The second-order valence-corrected chi connectivity index (χ2v) is 5.10. The van der Waals surface area contributed by atoms with Gasteiger partial charge in [0.15, 0.2) is 5.13 Å². The number of anilines is 1. The first-order valence-corrected chi connectivity index (χ1v) is 6.01. The molecule has 0 saturated heterocycles. The molecule has 0 saturated carbocycles. The number of hydrogen-bond acceptors (Lipinski definition) is 4. The maximum Gasteiger partial charge on any atom is 0.181 e. The van der Waals surface area contributed by atoms with Crippen molar-refractivity contribution in [3.05, 3.63) is 18.3 Å². The predicted octanol–water partition coefficient (Wildman–Crippen LogP) is 3.09.